The predicted octanol–water partition coefficient (Wildman–Crippen LogP) is 5.53. The van der Waals surface area contributed by atoms with E-state index in [1.165, 1.54) is 10.4 Å². The lowest BCUT2D eigenvalue weighted by Crippen LogP contribution is -2.11. The number of ether oxygens (including phenoxy) is 1. The van der Waals surface area contributed by atoms with Gasteiger partial charge in [-0.25, -0.2) is 0 Å². The van der Waals surface area contributed by atoms with Crippen LogP contribution >= 0.6 is 23.1 Å². The summed E-state index contributed by atoms with van der Waals surface area (Å²) in [6, 6.07) is 22.8. The van der Waals surface area contributed by atoms with E-state index in [1.54, 1.807) is 18.4 Å². The van der Waals surface area contributed by atoms with Crippen LogP contribution in [0.15, 0.2) is 77.1 Å². The van der Waals surface area contributed by atoms with E-state index in [1.807, 2.05) is 42.1 Å². The quantitative estimate of drug-likeness (QED) is 0.622. The predicted molar refractivity (Wildman–Crippen MR) is 108 cm³/mol. The summed E-state index contributed by atoms with van der Waals surface area (Å²) < 4.78 is 5.24. The van der Waals surface area contributed by atoms with Crippen molar-refractivity contribution in [2.75, 3.05) is 12.4 Å². The number of benzene rings is 2. The van der Waals surface area contributed by atoms with Gasteiger partial charge in [0.05, 0.1) is 22.7 Å². The lowest BCUT2D eigenvalue weighted by molar-refractivity contribution is 0.415. The zero-order valence-corrected chi connectivity index (χ0v) is 15.4. The van der Waals surface area contributed by atoms with Crippen molar-refractivity contribution >= 4 is 34.5 Å². The molecular weight excluding hydrogens is 348 g/mol. The molecule has 126 valence electrons. The second kappa shape index (κ2) is 7.25. The smallest absolute Gasteiger partial charge is 0.119 e. The Bertz CT molecular complexity index is 858. The minimum absolute atomic E-state index is 0.207. The lowest BCUT2D eigenvalue weighted by Gasteiger charge is -2.12. The first-order chi connectivity index (χ1) is 12.3. The standard InChI is InChI=1S/C20H18N2OS2/c1-23-16-11-9-15(10-12-16)21-20-18(17-8-5-13-24-17)22-19(25-20)14-6-3-2-4-7-14/h2-13,19,21-22H,1H3. The average molecular weight is 367 g/mol. The van der Waals surface area contributed by atoms with Gasteiger partial charge in [-0.3, -0.25) is 0 Å². The summed E-state index contributed by atoms with van der Waals surface area (Å²) in [5, 5.41) is 10.7. The van der Waals surface area contributed by atoms with Crippen molar-refractivity contribution in [3.63, 3.8) is 0 Å². The van der Waals surface area contributed by atoms with Crippen molar-refractivity contribution in [3.05, 3.63) is 87.6 Å². The number of anilines is 1. The van der Waals surface area contributed by atoms with E-state index in [4.69, 9.17) is 4.74 Å². The molecule has 0 saturated carbocycles. The molecule has 1 unspecified atom stereocenters. The fraction of sp³-hybridized carbons (Fsp3) is 0.100. The van der Waals surface area contributed by atoms with Crippen LogP contribution in [0.1, 0.15) is 15.8 Å². The SMILES string of the molecule is COc1ccc(NC2=C(c3cccs3)NC(c3ccccc3)S2)cc1. The van der Waals surface area contributed by atoms with Crippen LogP contribution in [0, 0.1) is 0 Å². The largest absolute Gasteiger partial charge is 0.497 e. The van der Waals surface area contributed by atoms with E-state index >= 15 is 0 Å². The van der Waals surface area contributed by atoms with E-state index in [-0.39, 0.29) is 5.37 Å². The fourth-order valence-corrected chi connectivity index (χ4v) is 4.66. The molecule has 1 aliphatic heterocycles. The number of thioether (sulfide) groups is 1. The topological polar surface area (TPSA) is 33.3 Å². The number of thiophene rings is 1. The minimum Gasteiger partial charge on any atom is -0.497 e. The molecule has 1 atom stereocenters. The first-order valence-corrected chi connectivity index (χ1v) is 9.77. The highest BCUT2D eigenvalue weighted by Gasteiger charge is 2.27. The van der Waals surface area contributed by atoms with E-state index < -0.39 is 0 Å². The first kappa shape index (κ1) is 16.1. The van der Waals surface area contributed by atoms with Crippen LogP contribution in [0.2, 0.25) is 0 Å². The molecule has 1 aliphatic rings. The molecule has 5 heteroatoms. The second-order valence-electron chi connectivity index (χ2n) is 5.59. The Morgan fingerprint density at radius 3 is 2.44 bits per heavy atom. The highest BCUT2D eigenvalue weighted by molar-refractivity contribution is 8.03. The molecule has 2 N–H and O–H groups in total. The maximum atomic E-state index is 5.24. The number of rotatable bonds is 5. The van der Waals surface area contributed by atoms with Crippen molar-refractivity contribution < 1.29 is 4.74 Å². The Labute approximate surface area is 155 Å². The highest BCUT2D eigenvalue weighted by Crippen LogP contribution is 2.44. The van der Waals surface area contributed by atoms with Gasteiger partial charge in [-0.05, 0) is 41.3 Å². The Morgan fingerprint density at radius 2 is 1.76 bits per heavy atom. The molecule has 0 aliphatic carbocycles. The summed E-state index contributed by atoms with van der Waals surface area (Å²) in [5.41, 5.74) is 3.48. The first-order valence-electron chi connectivity index (χ1n) is 8.01. The van der Waals surface area contributed by atoms with Gasteiger partial charge < -0.3 is 15.4 Å². The van der Waals surface area contributed by atoms with Crippen LogP contribution in [0.5, 0.6) is 5.75 Å². The summed E-state index contributed by atoms with van der Waals surface area (Å²) >= 11 is 3.55. The van der Waals surface area contributed by atoms with E-state index in [2.05, 4.69) is 52.4 Å². The summed E-state index contributed by atoms with van der Waals surface area (Å²) in [6.45, 7) is 0. The zero-order chi connectivity index (χ0) is 17.1. The number of hydrogen-bond donors (Lipinski definition) is 2. The van der Waals surface area contributed by atoms with Crippen molar-refractivity contribution in [2.45, 2.75) is 5.37 Å². The highest BCUT2D eigenvalue weighted by atomic mass is 32.2. The van der Waals surface area contributed by atoms with Crippen LogP contribution in [-0.2, 0) is 0 Å². The third kappa shape index (κ3) is 3.52. The molecule has 0 radical (unpaired) electrons. The van der Waals surface area contributed by atoms with E-state index in [0.717, 1.165) is 22.2 Å². The monoisotopic (exact) mass is 366 g/mol. The molecule has 0 saturated heterocycles. The Hall–Kier alpha value is -2.37. The van der Waals surface area contributed by atoms with Crippen LogP contribution in [0.4, 0.5) is 5.69 Å². The summed E-state index contributed by atoms with van der Waals surface area (Å²) in [6.07, 6.45) is 0. The Morgan fingerprint density at radius 1 is 0.960 bits per heavy atom. The molecule has 0 fully saturated rings. The maximum absolute atomic E-state index is 5.24. The van der Waals surface area contributed by atoms with Crippen LogP contribution in [0.3, 0.4) is 0 Å². The molecule has 1 aromatic heterocycles. The second-order valence-corrected chi connectivity index (χ2v) is 7.65. The number of hydrogen-bond acceptors (Lipinski definition) is 5. The molecule has 0 bridgehead atoms. The van der Waals surface area contributed by atoms with Crippen molar-refractivity contribution in [1.82, 2.24) is 5.32 Å². The average Bonchev–Trinajstić information content (AvgIpc) is 3.33. The molecule has 0 spiro atoms. The summed E-state index contributed by atoms with van der Waals surface area (Å²) in [5.74, 6) is 0.859. The van der Waals surface area contributed by atoms with Gasteiger partial charge in [0, 0.05) is 5.69 Å². The van der Waals surface area contributed by atoms with Gasteiger partial charge >= 0.3 is 0 Å². The normalized spacial score (nSPS) is 16.6. The molecule has 4 rings (SSSR count). The lowest BCUT2D eigenvalue weighted by atomic mass is 10.2. The minimum atomic E-state index is 0.207. The van der Waals surface area contributed by atoms with Crippen LogP contribution in [0.25, 0.3) is 5.70 Å². The van der Waals surface area contributed by atoms with Crippen LogP contribution in [-0.4, -0.2) is 7.11 Å². The molecule has 2 heterocycles. The zero-order valence-electron chi connectivity index (χ0n) is 13.7. The van der Waals surface area contributed by atoms with Gasteiger partial charge in [-0.15, -0.1) is 11.3 Å². The van der Waals surface area contributed by atoms with Crippen LogP contribution < -0.4 is 15.4 Å². The van der Waals surface area contributed by atoms with Gasteiger partial charge in [0.2, 0.25) is 0 Å². The van der Waals surface area contributed by atoms with Gasteiger partial charge in [0.1, 0.15) is 11.1 Å². The number of methoxy groups -OCH3 is 1. The molecule has 3 nitrogen and oxygen atoms in total. The van der Waals surface area contributed by atoms with Gasteiger partial charge in [0.15, 0.2) is 0 Å². The molecule has 2 aromatic carbocycles. The van der Waals surface area contributed by atoms with Crippen molar-refractivity contribution in [3.8, 4) is 5.75 Å². The molecular formula is C20H18N2OS2. The van der Waals surface area contributed by atoms with Gasteiger partial charge in [-0.1, -0.05) is 48.2 Å². The fourth-order valence-electron chi connectivity index (χ4n) is 2.68. The van der Waals surface area contributed by atoms with Gasteiger partial charge in [0.25, 0.3) is 0 Å². The maximum Gasteiger partial charge on any atom is 0.119 e. The van der Waals surface area contributed by atoms with E-state index in [0.29, 0.717) is 0 Å². The third-order valence-electron chi connectivity index (χ3n) is 3.96. The molecule has 3 aromatic rings. The van der Waals surface area contributed by atoms with E-state index in [9.17, 15) is 0 Å². The summed E-state index contributed by atoms with van der Waals surface area (Å²) in [4.78, 5) is 1.24. The number of nitrogens with one attached hydrogen (secondary N) is 2. The molecule has 25 heavy (non-hydrogen) atoms. The Balaban J connectivity index is 1.62. The van der Waals surface area contributed by atoms with Crippen molar-refractivity contribution in [1.29, 1.82) is 0 Å². The Kier molecular flexibility index (Phi) is 4.68. The van der Waals surface area contributed by atoms with Crippen molar-refractivity contribution in [2.24, 2.45) is 0 Å². The summed E-state index contributed by atoms with van der Waals surface area (Å²) in [7, 11) is 1.68. The van der Waals surface area contributed by atoms with Gasteiger partial charge in [-0.2, -0.15) is 0 Å². The molecule has 0 amide bonds. The third-order valence-corrected chi connectivity index (χ3v) is 6.01.